The third kappa shape index (κ3) is 2.43. The highest BCUT2D eigenvalue weighted by Crippen LogP contribution is 2.31. The molecule has 0 saturated heterocycles. The van der Waals surface area contributed by atoms with Crippen LogP contribution in [-0.2, 0) is 0 Å². The number of rotatable bonds is 4. The van der Waals surface area contributed by atoms with Gasteiger partial charge in [-0.15, -0.1) is 0 Å². The molecule has 0 saturated carbocycles. The summed E-state index contributed by atoms with van der Waals surface area (Å²) in [6.07, 6.45) is 0. The highest BCUT2D eigenvalue weighted by Gasteiger charge is 2.16. The number of carboxylic acid groups (broad SMARTS) is 1. The van der Waals surface area contributed by atoms with Crippen molar-refractivity contribution in [1.29, 1.82) is 0 Å². The summed E-state index contributed by atoms with van der Waals surface area (Å²) < 4.78 is 11.2. The number of hydrogen-bond donors (Lipinski definition) is 2. The molecular weight excluding hydrogens is 306 g/mol. The highest BCUT2D eigenvalue weighted by atomic mass is 79.9. The normalized spacial score (nSPS) is 10.1. The molecule has 18 heavy (non-hydrogen) atoms. The smallest absolute Gasteiger partial charge is 0.359 e. The van der Waals surface area contributed by atoms with Gasteiger partial charge in [0, 0.05) is 6.07 Å². The molecule has 94 valence electrons. The zero-order chi connectivity index (χ0) is 13.1. The Labute approximate surface area is 110 Å². The first-order chi connectivity index (χ1) is 8.61. The maximum atomic E-state index is 10.8. The van der Waals surface area contributed by atoms with Crippen molar-refractivity contribution in [3.8, 4) is 17.4 Å². The molecule has 0 amide bonds. The summed E-state index contributed by atoms with van der Waals surface area (Å²) in [6.45, 7) is 0. The number of aromatic nitrogens is 3. The number of benzene rings is 1. The zero-order valence-electron chi connectivity index (χ0n) is 9.18. The molecule has 8 heteroatoms. The summed E-state index contributed by atoms with van der Waals surface area (Å²) >= 11 is 3.30. The molecule has 0 unspecified atom stereocenters. The van der Waals surface area contributed by atoms with Crippen molar-refractivity contribution in [1.82, 2.24) is 15.4 Å². The van der Waals surface area contributed by atoms with Gasteiger partial charge >= 0.3 is 5.97 Å². The number of aromatic carboxylic acids is 1. The average molecular weight is 314 g/mol. The molecule has 1 aromatic carbocycles. The van der Waals surface area contributed by atoms with Gasteiger partial charge in [-0.05, 0) is 28.1 Å². The van der Waals surface area contributed by atoms with Gasteiger partial charge in [-0.1, -0.05) is 10.3 Å². The van der Waals surface area contributed by atoms with E-state index in [1.54, 1.807) is 18.2 Å². The van der Waals surface area contributed by atoms with Gasteiger partial charge in [0.1, 0.15) is 11.5 Å². The first-order valence-electron chi connectivity index (χ1n) is 4.77. The number of nitrogens with zero attached hydrogens (tertiary/aromatic N) is 2. The van der Waals surface area contributed by atoms with Crippen molar-refractivity contribution in [3.63, 3.8) is 0 Å². The number of carboxylic acids is 1. The van der Waals surface area contributed by atoms with E-state index in [4.69, 9.17) is 14.6 Å². The van der Waals surface area contributed by atoms with Crippen molar-refractivity contribution >= 4 is 21.9 Å². The molecule has 0 spiro atoms. The van der Waals surface area contributed by atoms with E-state index >= 15 is 0 Å². The summed E-state index contributed by atoms with van der Waals surface area (Å²) in [4.78, 5) is 10.8. The maximum Gasteiger partial charge on any atom is 0.359 e. The Morgan fingerprint density at radius 2 is 2.28 bits per heavy atom. The lowest BCUT2D eigenvalue weighted by Gasteiger charge is -2.06. The highest BCUT2D eigenvalue weighted by molar-refractivity contribution is 9.10. The molecule has 0 atom stereocenters. The van der Waals surface area contributed by atoms with Crippen LogP contribution in [-0.4, -0.2) is 33.6 Å². The first kappa shape index (κ1) is 12.4. The maximum absolute atomic E-state index is 10.8. The number of carbonyl (C=O) groups is 1. The fourth-order valence-corrected chi connectivity index (χ4v) is 1.65. The minimum absolute atomic E-state index is 0.105. The predicted octanol–water partition coefficient (Wildman–Crippen LogP) is 2.07. The summed E-state index contributed by atoms with van der Waals surface area (Å²) in [5.41, 5.74) is -0.211. The molecule has 2 aromatic rings. The van der Waals surface area contributed by atoms with Crippen LogP contribution >= 0.6 is 15.9 Å². The number of methoxy groups -OCH3 is 1. The Kier molecular flexibility index (Phi) is 3.47. The molecule has 1 aromatic heterocycles. The van der Waals surface area contributed by atoms with E-state index in [0.717, 1.165) is 4.47 Å². The molecule has 0 aliphatic rings. The summed E-state index contributed by atoms with van der Waals surface area (Å²) in [6, 6.07) is 4.96. The minimum atomic E-state index is -1.20. The van der Waals surface area contributed by atoms with E-state index in [0.29, 0.717) is 11.5 Å². The van der Waals surface area contributed by atoms with Crippen LogP contribution in [0.2, 0.25) is 0 Å². The average Bonchev–Trinajstić information content (AvgIpc) is 2.80. The Hall–Kier alpha value is -2.09. The second-order valence-corrected chi connectivity index (χ2v) is 4.05. The number of aromatic amines is 1. The van der Waals surface area contributed by atoms with Crippen molar-refractivity contribution in [2.75, 3.05) is 7.11 Å². The van der Waals surface area contributed by atoms with E-state index in [2.05, 4.69) is 31.3 Å². The number of halogens is 1. The topological polar surface area (TPSA) is 97.3 Å². The van der Waals surface area contributed by atoms with Gasteiger partial charge in [-0.2, -0.15) is 0 Å². The van der Waals surface area contributed by atoms with Crippen LogP contribution < -0.4 is 9.47 Å². The van der Waals surface area contributed by atoms with Gasteiger partial charge in [-0.25, -0.2) is 9.89 Å². The summed E-state index contributed by atoms with van der Waals surface area (Å²) in [5.74, 6) is -0.342. The van der Waals surface area contributed by atoms with E-state index in [1.807, 2.05) is 0 Å². The fraction of sp³-hybridized carbons (Fsp3) is 0.100. The second-order valence-electron chi connectivity index (χ2n) is 3.20. The summed E-state index contributed by atoms with van der Waals surface area (Å²) in [5, 5.41) is 18.0. The number of hydrogen-bond acceptors (Lipinski definition) is 5. The van der Waals surface area contributed by atoms with E-state index < -0.39 is 5.97 Å². The SMILES string of the molecule is COc1cc(Oc2nn[nH]c2C(=O)O)ccc1Br. The molecule has 0 aliphatic heterocycles. The van der Waals surface area contributed by atoms with Gasteiger partial charge < -0.3 is 14.6 Å². The summed E-state index contributed by atoms with van der Waals surface area (Å²) in [7, 11) is 1.52. The standard InChI is InChI=1S/C10H8BrN3O4/c1-17-7-4-5(2-3-6(7)11)18-9-8(10(15)16)12-14-13-9/h2-4H,1H3,(H,15,16)(H,12,13,14). The monoisotopic (exact) mass is 313 g/mol. The molecule has 0 bridgehead atoms. The molecule has 0 fully saturated rings. The van der Waals surface area contributed by atoms with E-state index in [1.165, 1.54) is 7.11 Å². The van der Waals surface area contributed by atoms with Crippen molar-refractivity contribution in [3.05, 3.63) is 28.4 Å². The van der Waals surface area contributed by atoms with Crippen LogP contribution in [0.1, 0.15) is 10.5 Å². The largest absolute Gasteiger partial charge is 0.495 e. The molecule has 0 aliphatic carbocycles. The van der Waals surface area contributed by atoms with Gasteiger partial charge in [0.05, 0.1) is 11.6 Å². The van der Waals surface area contributed by atoms with Crippen LogP contribution in [0.3, 0.4) is 0 Å². The van der Waals surface area contributed by atoms with E-state index in [9.17, 15) is 4.79 Å². The Bertz CT molecular complexity index is 584. The number of nitrogens with one attached hydrogen (secondary N) is 1. The second kappa shape index (κ2) is 5.05. The van der Waals surface area contributed by atoms with Crippen LogP contribution in [0.15, 0.2) is 22.7 Å². The Morgan fingerprint density at radius 3 is 2.94 bits per heavy atom. The van der Waals surface area contributed by atoms with Gasteiger partial charge in [0.15, 0.2) is 0 Å². The molecule has 0 radical (unpaired) electrons. The van der Waals surface area contributed by atoms with Crippen LogP contribution in [0.5, 0.6) is 17.4 Å². The van der Waals surface area contributed by atoms with Gasteiger partial charge in [0.2, 0.25) is 5.69 Å². The quantitative estimate of drug-likeness (QED) is 0.896. The Balaban J connectivity index is 2.28. The fourth-order valence-electron chi connectivity index (χ4n) is 1.24. The van der Waals surface area contributed by atoms with Crippen molar-refractivity contribution in [2.24, 2.45) is 0 Å². The Morgan fingerprint density at radius 1 is 1.50 bits per heavy atom. The lowest BCUT2D eigenvalue weighted by Crippen LogP contribution is -1.99. The lowest BCUT2D eigenvalue weighted by molar-refractivity contribution is 0.0687. The van der Waals surface area contributed by atoms with Crippen LogP contribution in [0.4, 0.5) is 0 Å². The first-order valence-corrected chi connectivity index (χ1v) is 5.57. The molecule has 7 nitrogen and oxygen atoms in total. The van der Waals surface area contributed by atoms with Crippen molar-refractivity contribution in [2.45, 2.75) is 0 Å². The lowest BCUT2D eigenvalue weighted by atomic mass is 10.3. The third-order valence-electron chi connectivity index (χ3n) is 2.07. The molecule has 2 rings (SSSR count). The molecular formula is C10H8BrN3O4. The predicted molar refractivity (Wildman–Crippen MR) is 64.1 cm³/mol. The molecule has 1 heterocycles. The zero-order valence-corrected chi connectivity index (χ0v) is 10.8. The van der Waals surface area contributed by atoms with Crippen LogP contribution in [0.25, 0.3) is 0 Å². The number of ether oxygens (including phenoxy) is 2. The number of H-pyrrole nitrogens is 1. The molecule has 2 N–H and O–H groups in total. The van der Waals surface area contributed by atoms with Crippen LogP contribution in [0, 0.1) is 0 Å². The minimum Gasteiger partial charge on any atom is -0.495 e. The van der Waals surface area contributed by atoms with Gasteiger partial charge in [-0.3, -0.25) is 0 Å². The van der Waals surface area contributed by atoms with Gasteiger partial charge in [0.25, 0.3) is 5.88 Å². The van der Waals surface area contributed by atoms with E-state index in [-0.39, 0.29) is 11.6 Å². The third-order valence-corrected chi connectivity index (χ3v) is 2.72. The van der Waals surface area contributed by atoms with Crippen molar-refractivity contribution < 1.29 is 19.4 Å².